The molecule has 0 fully saturated rings. The molecule has 0 heterocycles. The molecular formula is C2H100O48Si47. The van der Waals surface area contributed by atoms with Gasteiger partial charge in [0.15, 0.2) is 130 Å². The standard InChI is InChI=1S/C2H100O48Si47/c1-82(2,34)46-87(96(92(76-28,77-29)42-58-10,93(78-30,79-31)43-59-11)48-84(64-16,65-17)36-52-4,50-86(88(68-20,69-21)38-54-6,89(70-22,71-23)39-55-7)47-83(62-14,63-15)35-51-3)97(94(80-32,81-33)44-60-12,49-85(66-18,67-19)37-53-5)95(45-61-13,90(72-24,73-25)40-56-8)91(74-26,75-27)41-57-9/h3-34H,51-81H2,1-2H3. The molecule has 0 aromatic rings. The van der Waals surface area contributed by atoms with Gasteiger partial charge >= 0.3 is 46.5 Å². The highest BCUT2D eigenvalue weighted by Crippen LogP contribution is 2.57. The minimum Gasteiger partial charge on any atom is -0.442 e. The van der Waals surface area contributed by atoms with E-state index in [9.17, 15) is 153 Å². The molecule has 0 aliphatic rings. The highest BCUT2D eigenvalue weighted by Gasteiger charge is 3.03. The summed E-state index contributed by atoms with van der Waals surface area (Å²) in [6.07, 6.45) is 0. The molecular weight excluding hydrogens is 2110 g/mol. The van der Waals surface area contributed by atoms with E-state index in [1.807, 2.05) is 0 Å². The van der Waals surface area contributed by atoms with Crippen molar-refractivity contribution in [2.75, 3.05) is 0 Å². The average molecular weight is 2210 g/mol. The zero-order valence-corrected chi connectivity index (χ0v) is 113. The Morgan fingerprint density at radius 2 is 0.371 bits per heavy atom. The maximum atomic E-state index is 13.9. The van der Waals surface area contributed by atoms with Crippen LogP contribution in [0.1, 0.15) is 0 Å². The lowest BCUT2D eigenvalue weighted by molar-refractivity contribution is 0.290. The molecule has 0 aliphatic carbocycles. The van der Waals surface area contributed by atoms with Crippen LogP contribution < -0.4 is 0 Å². The summed E-state index contributed by atoms with van der Waals surface area (Å²) in [6, 6.07) is 0. The minimum atomic E-state index is -8.35. The van der Waals surface area contributed by atoms with E-state index >= 15 is 0 Å². The predicted octanol–water partition coefficient (Wildman–Crippen LogP) is -52.2. The van der Waals surface area contributed by atoms with Crippen LogP contribution in [0.5, 0.6) is 0 Å². The van der Waals surface area contributed by atoms with Crippen molar-refractivity contribution in [3.05, 3.63) is 0 Å². The fraction of sp³-hybridized carbons (Fsp3) is 1.00. The fourth-order valence-corrected chi connectivity index (χ4v) is 941. The van der Waals surface area contributed by atoms with Crippen molar-refractivity contribution in [1.82, 2.24) is 0 Å². The molecule has 0 saturated heterocycles. The maximum absolute atomic E-state index is 13.9. The van der Waals surface area contributed by atoms with E-state index in [1.54, 1.807) is 0 Å². The summed E-state index contributed by atoms with van der Waals surface area (Å²) in [5, 5.41) is 0. The van der Waals surface area contributed by atoms with E-state index < -0.39 is 411 Å². The third kappa shape index (κ3) is 20.2. The Kier molecular flexibility index (Phi) is 52.7. The van der Waals surface area contributed by atoms with Gasteiger partial charge in [0.05, 0.1) is 0 Å². The van der Waals surface area contributed by atoms with E-state index in [2.05, 4.69) is 0 Å². The second kappa shape index (κ2) is 48.6. The first-order valence-corrected chi connectivity index (χ1v) is 142. The topological polar surface area (TPSA) is 795 Å². The summed E-state index contributed by atoms with van der Waals surface area (Å²) in [7, 11) is -155. The van der Waals surface area contributed by atoms with Crippen LogP contribution in [0.2, 0.25) is 13.1 Å². The lowest BCUT2D eigenvalue weighted by Crippen LogP contribution is -3.17. The Labute approximate surface area is 636 Å². The predicted molar refractivity (Wildman–Crippen MR) is 457 cm³/mol. The molecule has 0 amide bonds. The summed E-state index contributed by atoms with van der Waals surface area (Å²) in [5.74, 6) is 0. The lowest BCUT2D eigenvalue weighted by Gasteiger charge is -2.73. The van der Waals surface area contributed by atoms with E-state index in [0.717, 1.165) is 13.1 Å². The van der Waals surface area contributed by atoms with Crippen LogP contribution in [0.15, 0.2) is 0 Å². The Hall–Kier alpha value is 8.27. The average Bonchev–Trinajstić information content (AvgIpc) is 0.629. The summed E-state index contributed by atoms with van der Waals surface area (Å²) in [4.78, 5) is 401. The van der Waals surface area contributed by atoms with Crippen LogP contribution in [0.3, 0.4) is 0 Å². The normalized spacial score (nSPS) is 26.0. The van der Waals surface area contributed by atoms with Gasteiger partial charge in [-0.25, -0.2) is 0 Å². The molecule has 2 atom stereocenters. The lowest BCUT2D eigenvalue weighted by atomic mass is 11.9. The molecule has 2 unspecified atom stereocenters. The third-order valence-electron chi connectivity index (χ3n) is 16.2. The first-order chi connectivity index (χ1) is 45.9. The van der Waals surface area contributed by atoms with Crippen LogP contribution in [0.25, 0.3) is 0 Å². The zero-order valence-electron chi connectivity index (χ0n) is 52.8. The van der Waals surface area contributed by atoms with Crippen LogP contribution in [0.4, 0.5) is 0 Å². The molecule has 0 radical (unpaired) electrons. The van der Waals surface area contributed by atoms with Crippen molar-refractivity contribution in [2.45, 2.75) is 13.1 Å². The van der Waals surface area contributed by atoms with Gasteiger partial charge in [-0.2, -0.15) is 0 Å². The Morgan fingerprint density at radius 1 is 0.175 bits per heavy atom. The van der Waals surface area contributed by atoms with Crippen molar-refractivity contribution in [3.8, 4) is 0 Å². The van der Waals surface area contributed by atoms with Gasteiger partial charge in [-0.05, 0) is 13.1 Å². The van der Waals surface area contributed by atoms with Gasteiger partial charge in [-0.15, -0.1) is 0 Å². The Morgan fingerprint density at radius 3 is 0.577 bits per heavy atom. The summed E-state index contributed by atoms with van der Waals surface area (Å²) in [6.45, 7) is -65.0. The molecule has 0 saturated carbocycles. The van der Waals surface area contributed by atoms with Crippen LogP contribution >= 0.6 is 0 Å². The molecule has 584 valence electrons. The largest absolute Gasteiger partial charge is 0.442 e. The molecule has 0 rings (SSSR count). The molecule has 0 spiro atoms. The number of hydrogen-bond donors (Lipinski definition) is 32. The molecule has 48 nitrogen and oxygen atoms in total. The van der Waals surface area contributed by atoms with E-state index in [4.69, 9.17) is 65.8 Å². The van der Waals surface area contributed by atoms with Gasteiger partial charge in [-0.3, -0.25) is 0 Å². The van der Waals surface area contributed by atoms with Crippen molar-refractivity contribution >= 4 is 411 Å². The molecule has 0 aliphatic heterocycles. The summed E-state index contributed by atoms with van der Waals surface area (Å²) >= 11 is 0. The second-order valence-electron chi connectivity index (χ2n) is 21.1. The van der Waals surface area contributed by atoms with E-state index in [-0.39, 0.29) is 0 Å². The van der Waals surface area contributed by atoms with Gasteiger partial charge in [0.25, 0.3) is 138 Å². The van der Waals surface area contributed by atoms with E-state index in [1.165, 1.54) is 0 Å². The Bertz CT molecular complexity index is 2020. The highest BCUT2D eigenvalue weighted by molar-refractivity contribution is 8.30. The van der Waals surface area contributed by atoms with Gasteiger partial charge in [0.1, 0.15) is 0 Å². The summed E-state index contributed by atoms with van der Waals surface area (Å²) in [5.41, 5.74) is 0. The van der Waals surface area contributed by atoms with Gasteiger partial charge < -0.3 is 219 Å². The number of rotatable bonds is 62. The molecule has 0 aromatic carbocycles. The second-order valence-corrected chi connectivity index (χ2v) is 284. The smallest absolute Gasteiger partial charge is 0.338 e. The zero-order chi connectivity index (χ0) is 75.2. The molecule has 0 aromatic heterocycles. The minimum absolute atomic E-state index is 0.797. The van der Waals surface area contributed by atoms with Crippen molar-refractivity contribution < 1.29 is 219 Å². The molecule has 97 heavy (non-hydrogen) atoms. The van der Waals surface area contributed by atoms with E-state index in [0.29, 0.717) is 0 Å². The summed E-state index contributed by atoms with van der Waals surface area (Å²) < 4.78 is 111. The molecule has 32 N–H and O–H groups in total. The van der Waals surface area contributed by atoms with Crippen molar-refractivity contribution in [3.63, 3.8) is 0 Å². The van der Waals surface area contributed by atoms with Crippen molar-refractivity contribution in [2.24, 2.45) is 0 Å². The maximum Gasteiger partial charge on any atom is 0.338 e. The fourth-order valence-electron chi connectivity index (χ4n) is 11.7. The molecule has 0 bridgehead atoms. The van der Waals surface area contributed by atoms with Crippen molar-refractivity contribution in [1.29, 1.82) is 0 Å². The number of hydrogen-bond acceptors (Lipinski definition) is 48. The van der Waals surface area contributed by atoms with Crippen LogP contribution in [-0.4, -0.2) is 564 Å². The molecule has 95 heteroatoms. The monoisotopic (exact) mass is 2210 g/mol. The van der Waals surface area contributed by atoms with Gasteiger partial charge in [0.2, 0.25) is 96.9 Å². The van der Waals surface area contributed by atoms with Gasteiger partial charge in [-0.1, -0.05) is 0 Å². The third-order valence-corrected chi connectivity index (χ3v) is 512. The van der Waals surface area contributed by atoms with Crippen LogP contribution in [-0.2, 0) is 65.8 Å². The van der Waals surface area contributed by atoms with Gasteiger partial charge in [0, 0.05) is 0 Å². The first kappa shape index (κ1) is 105. The first-order valence-electron chi connectivity index (χ1n) is 28.1. The van der Waals surface area contributed by atoms with Crippen LogP contribution in [0, 0.1) is 0 Å². The Balaban J connectivity index is 15.4. The SMILES string of the molecule is C[Si](C)(O)O[Si](O[Si](O[Si](O[SiH2]O)([SiH2]O)[SiH2]O)([Si](O[SiH2]O)([SiH2]O)[SiH2]O)[Si](O[SiH2]O)([SiH2]O)[SiH2]O)([Si](O[Si](O[SiH2]O)([SiH2]O)[SiH2]O)([Si](O[SiH2]O)([SiH2]O)[SiH2]O)[Si](O[SiH2]O)([SiH2]O)[SiH2]O)[Si](O[Si](O[SiH2]O)([SiH2]O)[SiH2]O)([Si](O[SiH2]O)([SiH2]O)[SiH2]O)[Si](O[SiH2]O)([Si](O[SiH2]O)([SiH2]O)[SiH2]O)[Si](O[SiH2]O)([SiH2]O)[SiH2]O. The highest BCUT2D eigenvalue weighted by atomic mass is 30.5. The quantitative estimate of drug-likeness (QED) is 0.0251.